The number of urea groups is 1. The van der Waals surface area contributed by atoms with E-state index in [1.54, 1.807) is 24.3 Å². The molecular formula is C8H9FN2O. The topological polar surface area (TPSA) is 32.3 Å². The first-order valence-corrected chi connectivity index (χ1v) is 3.45. The maximum absolute atomic E-state index is 12.2. The van der Waals surface area contributed by atoms with Gasteiger partial charge in [-0.3, -0.25) is 0 Å². The molecule has 0 heterocycles. The van der Waals surface area contributed by atoms with E-state index in [2.05, 4.69) is 5.32 Å². The second-order valence-corrected chi connectivity index (χ2v) is 2.27. The molecule has 0 aliphatic carbocycles. The fourth-order valence-electron chi connectivity index (χ4n) is 0.722. The Hall–Kier alpha value is -1.58. The van der Waals surface area contributed by atoms with Gasteiger partial charge in [-0.15, -0.1) is 0 Å². The van der Waals surface area contributed by atoms with Crippen LogP contribution in [0.25, 0.3) is 0 Å². The largest absolute Gasteiger partial charge is 0.349 e. The third kappa shape index (κ3) is 2.23. The van der Waals surface area contributed by atoms with Gasteiger partial charge >= 0.3 is 6.03 Å². The molecule has 0 fully saturated rings. The summed E-state index contributed by atoms with van der Waals surface area (Å²) in [4.78, 5) is 10.8. The summed E-state index contributed by atoms with van der Waals surface area (Å²) in [5, 5.41) is 2.35. The Balaban J connectivity index is 2.59. The van der Waals surface area contributed by atoms with E-state index >= 15 is 0 Å². The predicted octanol–water partition coefficient (Wildman–Crippen LogP) is 2.03. The van der Waals surface area contributed by atoms with Crippen LogP contribution in [-0.4, -0.2) is 18.2 Å². The number of rotatable bonds is 1. The minimum Gasteiger partial charge on any atom is -0.306 e. The third-order valence-electron chi connectivity index (χ3n) is 1.30. The molecule has 0 unspecified atom stereocenters. The number of halogens is 1. The van der Waals surface area contributed by atoms with Crippen LogP contribution in [0.1, 0.15) is 0 Å². The summed E-state index contributed by atoms with van der Waals surface area (Å²) >= 11 is 0. The van der Waals surface area contributed by atoms with Gasteiger partial charge in [0, 0.05) is 12.7 Å². The highest BCUT2D eigenvalue weighted by atomic mass is 19.2. The highest BCUT2D eigenvalue weighted by Gasteiger charge is 2.05. The maximum atomic E-state index is 12.2. The van der Waals surface area contributed by atoms with Crippen molar-refractivity contribution >= 4 is 11.7 Å². The van der Waals surface area contributed by atoms with Crippen LogP contribution in [0.2, 0.25) is 0 Å². The van der Waals surface area contributed by atoms with Gasteiger partial charge in [0.1, 0.15) is 0 Å². The minimum absolute atomic E-state index is 0.00694. The molecule has 1 N–H and O–H groups in total. The van der Waals surface area contributed by atoms with E-state index < -0.39 is 6.03 Å². The lowest BCUT2D eigenvalue weighted by atomic mass is 10.3. The van der Waals surface area contributed by atoms with Crippen molar-refractivity contribution in [1.29, 1.82) is 0 Å². The van der Waals surface area contributed by atoms with Gasteiger partial charge < -0.3 is 5.32 Å². The van der Waals surface area contributed by atoms with E-state index in [1.807, 2.05) is 6.07 Å². The van der Waals surface area contributed by atoms with E-state index in [0.717, 1.165) is 7.05 Å². The van der Waals surface area contributed by atoms with Gasteiger partial charge in [0.25, 0.3) is 0 Å². The van der Waals surface area contributed by atoms with E-state index in [4.69, 9.17) is 0 Å². The molecule has 1 aromatic carbocycles. The Morgan fingerprint density at radius 2 is 2.00 bits per heavy atom. The fourth-order valence-corrected chi connectivity index (χ4v) is 0.722. The molecule has 0 spiro atoms. The Bertz CT molecular complexity index is 261. The van der Waals surface area contributed by atoms with Gasteiger partial charge in [-0.05, 0) is 12.1 Å². The number of nitrogens with one attached hydrogen (secondary N) is 1. The summed E-state index contributed by atoms with van der Waals surface area (Å²) in [7, 11) is 1.04. The zero-order chi connectivity index (χ0) is 8.97. The zero-order valence-corrected chi connectivity index (χ0v) is 6.62. The number of carbonyl (C=O) groups excluding carboxylic acids is 1. The van der Waals surface area contributed by atoms with E-state index in [0.29, 0.717) is 5.69 Å². The highest BCUT2D eigenvalue weighted by molar-refractivity contribution is 5.88. The molecule has 0 bridgehead atoms. The number of benzene rings is 1. The van der Waals surface area contributed by atoms with Crippen molar-refractivity contribution in [2.45, 2.75) is 0 Å². The number of anilines is 1. The first-order chi connectivity index (χ1) is 5.70. The molecule has 64 valence electrons. The van der Waals surface area contributed by atoms with Gasteiger partial charge in [-0.1, -0.05) is 22.7 Å². The third-order valence-corrected chi connectivity index (χ3v) is 1.30. The van der Waals surface area contributed by atoms with E-state index in [-0.39, 0.29) is 5.12 Å². The molecule has 0 saturated heterocycles. The van der Waals surface area contributed by atoms with Crippen molar-refractivity contribution in [2.75, 3.05) is 12.4 Å². The summed E-state index contributed by atoms with van der Waals surface area (Å²) in [6.45, 7) is 0. The molecule has 1 aromatic rings. The molecule has 0 radical (unpaired) electrons. The van der Waals surface area contributed by atoms with Crippen LogP contribution in [0.4, 0.5) is 15.0 Å². The second kappa shape index (κ2) is 3.71. The van der Waals surface area contributed by atoms with E-state index in [9.17, 15) is 9.28 Å². The summed E-state index contributed by atoms with van der Waals surface area (Å²) in [5.41, 5.74) is 0.576. The summed E-state index contributed by atoms with van der Waals surface area (Å²) in [5.74, 6) is 0. The van der Waals surface area contributed by atoms with Crippen LogP contribution < -0.4 is 5.32 Å². The Morgan fingerprint density at radius 1 is 1.42 bits per heavy atom. The molecule has 0 saturated carbocycles. The highest BCUT2D eigenvalue weighted by Crippen LogP contribution is 2.05. The van der Waals surface area contributed by atoms with Crippen molar-refractivity contribution in [3.8, 4) is 0 Å². The van der Waals surface area contributed by atoms with Crippen molar-refractivity contribution in [1.82, 2.24) is 5.12 Å². The van der Waals surface area contributed by atoms with Gasteiger partial charge in [-0.25, -0.2) is 4.79 Å². The first kappa shape index (κ1) is 8.52. The number of hydrogen-bond acceptors (Lipinski definition) is 1. The quantitative estimate of drug-likeness (QED) is 0.639. The van der Waals surface area contributed by atoms with Gasteiger partial charge in [-0.2, -0.15) is 5.12 Å². The van der Waals surface area contributed by atoms with Gasteiger partial charge in [0.2, 0.25) is 0 Å². The standard InChI is InChI=1S/C8H9FN2O/c1-11(9)8(12)10-7-5-3-2-4-6-7/h2-6H,1H3,(H,10,12). The first-order valence-electron chi connectivity index (χ1n) is 3.45. The minimum atomic E-state index is -0.777. The lowest BCUT2D eigenvalue weighted by molar-refractivity contribution is 0.104. The normalized spacial score (nSPS) is 9.17. The molecule has 0 aliphatic heterocycles. The van der Waals surface area contributed by atoms with Gasteiger partial charge in [0.05, 0.1) is 0 Å². The number of para-hydroxylation sites is 1. The monoisotopic (exact) mass is 168 g/mol. The number of hydrogen-bond donors (Lipinski definition) is 1. The Labute approximate surface area is 69.7 Å². The van der Waals surface area contributed by atoms with Crippen molar-refractivity contribution in [3.05, 3.63) is 30.3 Å². The molecular weight excluding hydrogens is 159 g/mol. The number of nitrogens with zero attached hydrogens (tertiary/aromatic N) is 1. The van der Waals surface area contributed by atoms with Crippen LogP contribution >= 0.6 is 0 Å². The van der Waals surface area contributed by atoms with E-state index in [1.165, 1.54) is 0 Å². The molecule has 0 aliphatic rings. The second-order valence-electron chi connectivity index (χ2n) is 2.27. The molecule has 0 aromatic heterocycles. The molecule has 4 heteroatoms. The van der Waals surface area contributed by atoms with Crippen LogP contribution in [-0.2, 0) is 0 Å². The average Bonchev–Trinajstić information content (AvgIpc) is 2.06. The van der Waals surface area contributed by atoms with Crippen molar-refractivity contribution in [2.24, 2.45) is 0 Å². The van der Waals surface area contributed by atoms with Crippen LogP contribution in [0.3, 0.4) is 0 Å². The predicted molar refractivity (Wildman–Crippen MR) is 44.3 cm³/mol. The molecule has 3 nitrogen and oxygen atoms in total. The number of carbonyl (C=O) groups is 1. The SMILES string of the molecule is CN(F)C(=O)Nc1ccccc1. The lowest BCUT2D eigenvalue weighted by Crippen LogP contribution is -2.23. The van der Waals surface area contributed by atoms with Crippen LogP contribution in [0.5, 0.6) is 0 Å². The molecule has 12 heavy (non-hydrogen) atoms. The fraction of sp³-hybridized carbons (Fsp3) is 0.125. The molecule has 1 rings (SSSR count). The molecule has 2 amide bonds. The Kier molecular flexibility index (Phi) is 2.63. The summed E-state index contributed by atoms with van der Waals surface area (Å²) in [6.07, 6.45) is 0. The number of amides is 2. The van der Waals surface area contributed by atoms with Gasteiger partial charge in [0.15, 0.2) is 0 Å². The maximum Gasteiger partial charge on any atom is 0.349 e. The van der Waals surface area contributed by atoms with Crippen molar-refractivity contribution in [3.63, 3.8) is 0 Å². The summed E-state index contributed by atoms with van der Waals surface area (Å²) in [6, 6.07) is 7.92. The smallest absolute Gasteiger partial charge is 0.306 e. The van der Waals surface area contributed by atoms with Crippen molar-refractivity contribution < 1.29 is 9.28 Å². The van der Waals surface area contributed by atoms with Crippen LogP contribution in [0.15, 0.2) is 30.3 Å². The average molecular weight is 168 g/mol. The Morgan fingerprint density at radius 3 is 2.50 bits per heavy atom. The lowest BCUT2D eigenvalue weighted by Gasteiger charge is -2.06. The summed E-state index contributed by atoms with van der Waals surface area (Å²) < 4.78 is 12.2. The van der Waals surface area contributed by atoms with Crippen LogP contribution in [0, 0.1) is 0 Å². The molecule has 0 atom stereocenters. The zero-order valence-electron chi connectivity index (χ0n) is 6.62.